The Labute approximate surface area is 230 Å². The van der Waals surface area contributed by atoms with Gasteiger partial charge in [0, 0.05) is 30.1 Å². The van der Waals surface area contributed by atoms with Crippen LogP contribution in [0.5, 0.6) is 0 Å². The highest BCUT2D eigenvalue weighted by Gasteiger charge is 2.77. The summed E-state index contributed by atoms with van der Waals surface area (Å²) in [6.07, 6.45) is 6.49. The average Bonchev–Trinajstić information content (AvgIpc) is 3.45. The van der Waals surface area contributed by atoms with Gasteiger partial charge in [0.1, 0.15) is 6.04 Å². The fourth-order valence-electron chi connectivity index (χ4n) is 6.62. The summed E-state index contributed by atoms with van der Waals surface area (Å²) in [5.74, 6) is -1.87. The summed E-state index contributed by atoms with van der Waals surface area (Å²) in [7, 11) is 0. The minimum atomic E-state index is -0.712. The molecule has 2 bridgehead atoms. The van der Waals surface area contributed by atoms with Gasteiger partial charge >= 0.3 is 5.97 Å². The van der Waals surface area contributed by atoms with E-state index in [1.165, 1.54) is 0 Å². The van der Waals surface area contributed by atoms with Crippen molar-refractivity contribution in [3.8, 4) is 0 Å². The fourth-order valence-corrected chi connectivity index (χ4v) is 8.96. The minimum absolute atomic E-state index is 0.0192. The smallest absolute Gasteiger partial charge is 0.311 e. The van der Waals surface area contributed by atoms with Crippen LogP contribution in [-0.2, 0) is 19.1 Å². The highest BCUT2D eigenvalue weighted by Crippen LogP contribution is 2.71. The van der Waals surface area contributed by atoms with Crippen molar-refractivity contribution in [1.29, 1.82) is 0 Å². The number of unbranched alkanes of at least 4 members (excludes halogenated alkanes) is 1. The zero-order valence-electron chi connectivity index (χ0n) is 22.8. The van der Waals surface area contributed by atoms with Crippen molar-refractivity contribution in [2.45, 2.75) is 68.4 Å². The number of hydrogen-bond donors (Lipinski definition) is 1. The van der Waals surface area contributed by atoms with Crippen molar-refractivity contribution < 1.29 is 24.2 Å². The second kappa shape index (κ2) is 11.3. The summed E-state index contributed by atoms with van der Waals surface area (Å²) in [6, 6.07) is 5.30. The van der Waals surface area contributed by atoms with Gasteiger partial charge in [-0.15, -0.1) is 24.9 Å². The topological polar surface area (TPSA) is 87.1 Å². The fraction of sp³-hybridized carbons (Fsp3) is 0.567. The van der Waals surface area contributed by atoms with E-state index in [1.54, 1.807) is 33.7 Å². The summed E-state index contributed by atoms with van der Waals surface area (Å²) in [4.78, 5) is 45.6. The van der Waals surface area contributed by atoms with Crippen molar-refractivity contribution in [3.63, 3.8) is 0 Å². The standard InChI is InChI=1S/C30H40N2O5S/c1-6-8-18-37-28(36)24-23-26(34)32(16-9-10-17-33)25(30(23)14-13-29(24,5)38-30)27(35)31(15-7-2)22-19-20(3)11-12-21(22)4/h6-7,11-12,19,23-25,33H,1-2,8-10,13-18H2,3-5H3/t23-,24-,25?,29+,30?/m0/s1. The lowest BCUT2D eigenvalue weighted by Gasteiger charge is -2.37. The van der Waals surface area contributed by atoms with Crippen LogP contribution >= 0.6 is 11.8 Å². The number of aryl methyl sites for hydroxylation is 2. The van der Waals surface area contributed by atoms with Crippen LogP contribution in [0.3, 0.4) is 0 Å². The lowest BCUT2D eigenvalue weighted by Crippen LogP contribution is -2.55. The summed E-state index contributed by atoms with van der Waals surface area (Å²) < 4.78 is 4.44. The first kappa shape index (κ1) is 28.4. The minimum Gasteiger partial charge on any atom is -0.465 e. The van der Waals surface area contributed by atoms with Crippen LogP contribution in [0.15, 0.2) is 43.5 Å². The number of ether oxygens (including phenoxy) is 1. The molecule has 4 rings (SSSR count). The number of carbonyl (C=O) groups is 3. The third kappa shape index (κ3) is 4.70. The molecule has 3 heterocycles. The number of esters is 1. The molecule has 38 heavy (non-hydrogen) atoms. The molecule has 2 amide bonds. The predicted octanol–water partition coefficient (Wildman–Crippen LogP) is 4.20. The molecule has 3 aliphatic rings. The van der Waals surface area contributed by atoms with E-state index in [0.29, 0.717) is 38.8 Å². The first-order chi connectivity index (χ1) is 18.1. The van der Waals surface area contributed by atoms with Crippen molar-refractivity contribution in [2.75, 3.05) is 31.2 Å². The maximum atomic E-state index is 14.6. The van der Waals surface area contributed by atoms with Crippen molar-refractivity contribution in [1.82, 2.24) is 4.90 Å². The number of carbonyl (C=O) groups excluding carboxylic acids is 3. The summed E-state index contributed by atoms with van der Waals surface area (Å²) in [5, 5.41) is 9.40. The molecule has 3 fully saturated rings. The summed E-state index contributed by atoms with van der Waals surface area (Å²) in [5.41, 5.74) is 2.81. The Morgan fingerprint density at radius 2 is 2.00 bits per heavy atom. The zero-order valence-corrected chi connectivity index (χ0v) is 23.6. The molecule has 5 atom stereocenters. The molecule has 2 unspecified atom stereocenters. The van der Waals surface area contributed by atoms with E-state index in [0.717, 1.165) is 23.2 Å². The van der Waals surface area contributed by atoms with E-state index in [9.17, 15) is 19.5 Å². The van der Waals surface area contributed by atoms with Crippen molar-refractivity contribution >= 4 is 35.2 Å². The molecule has 0 saturated carbocycles. The summed E-state index contributed by atoms with van der Waals surface area (Å²) >= 11 is 1.64. The maximum Gasteiger partial charge on any atom is 0.311 e. The lowest BCUT2D eigenvalue weighted by atomic mass is 9.66. The average molecular weight is 541 g/mol. The van der Waals surface area contributed by atoms with Gasteiger partial charge in [-0.1, -0.05) is 24.3 Å². The molecular weight excluding hydrogens is 500 g/mol. The van der Waals surface area contributed by atoms with Gasteiger partial charge in [-0.05, 0) is 70.1 Å². The molecule has 7 nitrogen and oxygen atoms in total. The normalized spacial score (nSPS) is 29.3. The monoisotopic (exact) mass is 540 g/mol. The van der Waals surface area contributed by atoms with Crippen LogP contribution in [0.1, 0.15) is 50.2 Å². The third-order valence-corrected chi connectivity index (χ3v) is 10.4. The van der Waals surface area contributed by atoms with E-state index >= 15 is 0 Å². The first-order valence-electron chi connectivity index (χ1n) is 13.5. The molecule has 1 aromatic carbocycles. The van der Waals surface area contributed by atoms with Crippen LogP contribution in [0, 0.1) is 25.7 Å². The van der Waals surface area contributed by atoms with Gasteiger partial charge in [-0.3, -0.25) is 14.4 Å². The quantitative estimate of drug-likeness (QED) is 0.243. The number of aliphatic hydroxyl groups is 1. The maximum absolute atomic E-state index is 14.6. The molecule has 206 valence electrons. The van der Waals surface area contributed by atoms with Gasteiger partial charge in [0.05, 0.1) is 23.2 Å². The number of benzene rings is 1. The van der Waals surface area contributed by atoms with Gasteiger partial charge in [0.15, 0.2) is 0 Å². The molecule has 0 aromatic heterocycles. The van der Waals surface area contributed by atoms with Gasteiger partial charge in [0.2, 0.25) is 5.91 Å². The van der Waals surface area contributed by atoms with Gasteiger partial charge in [-0.2, -0.15) is 0 Å². The first-order valence-corrected chi connectivity index (χ1v) is 14.4. The van der Waals surface area contributed by atoms with Crippen LogP contribution < -0.4 is 4.90 Å². The number of aliphatic hydroxyl groups excluding tert-OH is 1. The highest BCUT2D eigenvalue weighted by atomic mass is 32.2. The molecule has 1 aromatic rings. The van der Waals surface area contributed by atoms with Crippen molar-refractivity contribution in [3.05, 3.63) is 54.6 Å². The van der Waals surface area contributed by atoms with Gasteiger partial charge < -0.3 is 19.6 Å². The van der Waals surface area contributed by atoms with Crippen LogP contribution in [-0.4, -0.2) is 69.6 Å². The Morgan fingerprint density at radius 3 is 2.68 bits per heavy atom. The van der Waals surface area contributed by atoms with Gasteiger partial charge in [-0.25, -0.2) is 0 Å². The number of rotatable bonds is 12. The summed E-state index contributed by atoms with van der Waals surface area (Å²) in [6.45, 7) is 14.5. The third-order valence-electron chi connectivity index (χ3n) is 8.37. The van der Waals surface area contributed by atoms with E-state index in [1.807, 2.05) is 39.0 Å². The molecule has 0 radical (unpaired) electrons. The number of anilines is 1. The molecule has 0 aliphatic carbocycles. The van der Waals surface area contributed by atoms with Crippen LogP contribution in [0.25, 0.3) is 0 Å². The van der Waals surface area contributed by atoms with E-state index in [2.05, 4.69) is 13.2 Å². The van der Waals surface area contributed by atoms with E-state index in [4.69, 9.17) is 4.74 Å². The second-order valence-electron chi connectivity index (χ2n) is 11.0. The Hall–Kier alpha value is -2.58. The Balaban J connectivity index is 1.77. The number of amides is 2. The number of fused-ring (bicyclic) bond motifs is 1. The number of thioether (sulfide) groups is 1. The van der Waals surface area contributed by atoms with E-state index < -0.39 is 27.4 Å². The zero-order chi connectivity index (χ0) is 27.7. The predicted molar refractivity (Wildman–Crippen MR) is 151 cm³/mol. The highest BCUT2D eigenvalue weighted by molar-refractivity contribution is 8.02. The second-order valence-corrected chi connectivity index (χ2v) is 12.9. The van der Waals surface area contributed by atoms with E-state index in [-0.39, 0.29) is 31.0 Å². The van der Waals surface area contributed by atoms with Crippen LogP contribution in [0.2, 0.25) is 0 Å². The Bertz CT molecular complexity index is 1120. The molecule has 8 heteroatoms. The number of nitrogens with zero attached hydrogens (tertiary/aromatic N) is 2. The Morgan fingerprint density at radius 1 is 1.24 bits per heavy atom. The van der Waals surface area contributed by atoms with Crippen LogP contribution in [0.4, 0.5) is 5.69 Å². The van der Waals surface area contributed by atoms with Crippen molar-refractivity contribution in [2.24, 2.45) is 11.8 Å². The number of likely N-dealkylation sites (tertiary alicyclic amines) is 1. The molecule has 3 aliphatic heterocycles. The number of hydrogen-bond acceptors (Lipinski definition) is 6. The largest absolute Gasteiger partial charge is 0.465 e. The molecule has 1 N–H and O–H groups in total. The lowest BCUT2D eigenvalue weighted by molar-refractivity contribution is -0.155. The van der Waals surface area contributed by atoms with Gasteiger partial charge in [0.25, 0.3) is 5.91 Å². The molecule has 3 saturated heterocycles. The molecule has 1 spiro atoms. The molecular formula is C30H40N2O5S. The SMILES string of the molecule is C=CCCOC(=O)[C@@H]1[C@H]2C(=O)N(CCCCO)C(C(=O)N(CC=C)c3cc(C)ccc3C)C23CC[C@@]1(C)S3. The Kier molecular flexibility index (Phi) is 8.43.